The van der Waals surface area contributed by atoms with E-state index in [1.807, 2.05) is 66.2 Å². The van der Waals surface area contributed by atoms with Crippen LogP contribution < -0.4 is 0 Å². The molecule has 5 heteroatoms. The van der Waals surface area contributed by atoms with Crippen LogP contribution in [0.2, 0.25) is 0 Å². The molecule has 10 aromatic rings. The molecule has 274 valence electrons. The van der Waals surface area contributed by atoms with Crippen LogP contribution in [-0.2, 0) is 0 Å². The lowest BCUT2D eigenvalue weighted by Crippen LogP contribution is -1.94. The van der Waals surface area contributed by atoms with E-state index in [2.05, 4.69) is 155 Å². The fourth-order valence-corrected chi connectivity index (χ4v) is 9.72. The lowest BCUT2D eigenvalue weighted by molar-refractivity contribution is 0.603. The molecule has 2 aliphatic rings. The Balaban J connectivity index is 1.07. The van der Waals surface area contributed by atoms with Crippen LogP contribution in [0.25, 0.3) is 112 Å². The molecule has 0 unspecified atom stereocenters. The van der Waals surface area contributed by atoms with Crippen molar-refractivity contribution in [2.24, 2.45) is 0 Å². The molecule has 0 bridgehead atoms. The van der Waals surface area contributed by atoms with Crippen molar-refractivity contribution in [1.82, 2.24) is 14.5 Å². The van der Waals surface area contributed by atoms with Gasteiger partial charge in [0.25, 0.3) is 0 Å². The molecule has 0 atom stereocenters. The minimum Gasteiger partial charge on any atom is -0.455 e. The molecule has 5 heterocycles. The molecule has 12 rings (SSSR count). The van der Waals surface area contributed by atoms with Gasteiger partial charge in [-0.05, 0) is 113 Å². The maximum Gasteiger partial charge on any atom is 0.143 e. The number of thiophene rings is 1. The first-order valence-corrected chi connectivity index (χ1v) is 20.4. The van der Waals surface area contributed by atoms with Gasteiger partial charge in [-0.15, -0.1) is 22.8 Å². The van der Waals surface area contributed by atoms with E-state index in [-0.39, 0.29) is 0 Å². The maximum absolute atomic E-state index is 6.37. The Morgan fingerprint density at radius 2 is 1.19 bits per heavy atom. The fourth-order valence-electron chi connectivity index (χ4n) is 8.65. The predicted octanol–water partition coefficient (Wildman–Crippen LogP) is 14.4. The molecule has 4 nitrogen and oxygen atoms in total. The highest BCUT2D eigenvalue weighted by Crippen LogP contribution is 2.42. The molecule has 0 N–H and O–H groups in total. The summed E-state index contributed by atoms with van der Waals surface area (Å²) in [5.74, 6) is 0.789. The smallest absolute Gasteiger partial charge is 0.143 e. The molecule has 0 saturated carbocycles. The predicted molar refractivity (Wildman–Crippen MR) is 247 cm³/mol. The van der Waals surface area contributed by atoms with Crippen molar-refractivity contribution in [2.75, 3.05) is 0 Å². The van der Waals surface area contributed by atoms with Crippen LogP contribution in [-0.4, -0.2) is 14.5 Å². The molecule has 0 spiro atoms. The zero-order valence-corrected chi connectivity index (χ0v) is 32.4. The highest BCUT2D eigenvalue weighted by atomic mass is 32.1. The summed E-state index contributed by atoms with van der Waals surface area (Å²) in [7, 11) is 0. The van der Waals surface area contributed by atoms with Gasteiger partial charge in [-0.3, -0.25) is 9.97 Å². The molecule has 59 heavy (non-hydrogen) atoms. The lowest BCUT2D eigenvalue weighted by atomic mass is 9.95. The average molecular weight is 770 g/mol. The quantitative estimate of drug-likeness (QED) is 0.164. The summed E-state index contributed by atoms with van der Waals surface area (Å²) >= 11 is 1.81. The van der Waals surface area contributed by atoms with Gasteiger partial charge in [0.05, 0.1) is 28.1 Å². The van der Waals surface area contributed by atoms with E-state index in [0.29, 0.717) is 0 Å². The highest BCUT2D eigenvalue weighted by Gasteiger charge is 2.20. The third-order valence-corrected chi connectivity index (χ3v) is 12.5. The molecule has 5 aromatic carbocycles. The number of hydrogen-bond acceptors (Lipinski definition) is 4. The Morgan fingerprint density at radius 3 is 2.00 bits per heavy atom. The number of fused-ring (bicyclic) bond motifs is 9. The van der Waals surface area contributed by atoms with Crippen LogP contribution >= 0.6 is 11.3 Å². The Kier molecular flexibility index (Phi) is 7.59. The van der Waals surface area contributed by atoms with E-state index >= 15 is 0 Å². The van der Waals surface area contributed by atoms with Gasteiger partial charge >= 0.3 is 0 Å². The van der Waals surface area contributed by atoms with E-state index in [9.17, 15) is 0 Å². The third-order valence-electron chi connectivity index (χ3n) is 11.4. The van der Waals surface area contributed by atoms with Gasteiger partial charge in [0.2, 0.25) is 0 Å². The zero-order valence-electron chi connectivity index (χ0n) is 31.6. The lowest BCUT2D eigenvalue weighted by Gasteiger charge is -2.11. The second-order valence-electron chi connectivity index (χ2n) is 14.8. The number of aromatic nitrogens is 3. The molecule has 0 amide bonds. The Hall–Kier alpha value is -7.78. The van der Waals surface area contributed by atoms with Crippen molar-refractivity contribution < 1.29 is 4.42 Å². The summed E-state index contributed by atoms with van der Waals surface area (Å²) in [6.45, 7) is 0. The van der Waals surface area contributed by atoms with Gasteiger partial charge in [-0.2, -0.15) is 0 Å². The van der Waals surface area contributed by atoms with Gasteiger partial charge in [0.1, 0.15) is 11.3 Å². The second-order valence-corrected chi connectivity index (χ2v) is 15.9. The number of nitrogens with zero attached hydrogens (tertiary/aromatic N) is 3. The Bertz CT molecular complexity index is 3560. The van der Waals surface area contributed by atoms with Crippen molar-refractivity contribution >= 4 is 89.8 Å². The standard InChI is InChI=1S/C54H31N3OS/c1-2-14-40(48-17-6-8-28-56-48)39(13-1)36-22-25-50-43(31-36)42-29-34(21-24-49(42)57(50)38-12-10-20-54-46(33-38)41-15-3-4-19-53(41)59-54)35-23-26-52-44(30-35)45-32-37(11-9-18-51(45)58-52)47-16-5-7-27-55-47/h1-8,11-33H. The summed E-state index contributed by atoms with van der Waals surface area (Å²) < 4.78 is 10.0. The molecule has 0 fully saturated rings. The zero-order chi connectivity index (χ0) is 38.9. The first kappa shape index (κ1) is 33.4. The topological polar surface area (TPSA) is 43.9 Å². The average Bonchev–Trinajstić information content (AvgIpc) is 3.80. The van der Waals surface area contributed by atoms with Crippen LogP contribution in [0.15, 0.2) is 180 Å². The Labute approximate surface area is 343 Å². The highest BCUT2D eigenvalue weighted by molar-refractivity contribution is 7.20. The minimum atomic E-state index is 0.789. The van der Waals surface area contributed by atoms with Crippen molar-refractivity contribution in [2.45, 2.75) is 0 Å². The van der Waals surface area contributed by atoms with Gasteiger partial charge in [-0.1, -0.05) is 72.8 Å². The minimum absolute atomic E-state index is 0.789. The van der Waals surface area contributed by atoms with Gasteiger partial charge in [0, 0.05) is 77.9 Å². The molecule has 5 aromatic heterocycles. The third kappa shape index (κ3) is 5.54. The summed E-state index contributed by atoms with van der Waals surface area (Å²) in [6, 6.07) is 49.5. The first-order chi connectivity index (χ1) is 29.2. The number of pyridine rings is 2. The summed E-state index contributed by atoms with van der Waals surface area (Å²) in [4.78, 5) is 10.6. The normalized spacial score (nSPS) is 13.2. The van der Waals surface area contributed by atoms with Crippen molar-refractivity contribution in [3.05, 3.63) is 203 Å². The van der Waals surface area contributed by atoms with Gasteiger partial charge < -0.3 is 8.98 Å². The van der Waals surface area contributed by atoms with E-state index in [1.54, 1.807) is 0 Å². The molecule has 0 radical (unpaired) electrons. The van der Waals surface area contributed by atoms with E-state index in [4.69, 9.17) is 9.40 Å². The number of furan rings is 1. The number of benzene rings is 5. The second kappa shape index (κ2) is 13.4. The Morgan fingerprint density at radius 1 is 0.508 bits per heavy atom. The van der Waals surface area contributed by atoms with E-state index in [1.165, 1.54) is 31.3 Å². The van der Waals surface area contributed by atoms with Gasteiger partial charge in [-0.25, -0.2) is 0 Å². The monoisotopic (exact) mass is 769 g/mol. The van der Waals surface area contributed by atoms with Crippen LogP contribution in [0.5, 0.6) is 0 Å². The van der Waals surface area contributed by atoms with Crippen molar-refractivity contribution in [1.29, 1.82) is 0 Å². The first-order valence-electron chi connectivity index (χ1n) is 19.6. The van der Waals surface area contributed by atoms with Crippen LogP contribution in [0.1, 0.15) is 27.5 Å². The molecular weight excluding hydrogens is 739 g/mol. The molecular formula is C54H31N3OS. The van der Waals surface area contributed by atoms with Crippen LogP contribution in [0, 0.1) is 0 Å². The van der Waals surface area contributed by atoms with Crippen molar-refractivity contribution in [3.8, 4) is 33.5 Å². The van der Waals surface area contributed by atoms with Crippen LogP contribution in [0.4, 0.5) is 0 Å². The van der Waals surface area contributed by atoms with Crippen molar-refractivity contribution in [3.63, 3.8) is 0 Å². The fraction of sp³-hybridized carbons (Fsp3) is 0. The molecule has 2 aliphatic carbocycles. The molecule has 0 aliphatic heterocycles. The van der Waals surface area contributed by atoms with Gasteiger partial charge in [0.15, 0.2) is 0 Å². The van der Waals surface area contributed by atoms with Crippen LogP contribution in [0.3, 0.4) is 0 Å². The SMILES string of the molecule is C1=CC(c2ccccn2)=Cc2c(oc3ccc(-c4ccc5c(c4)c4cc(-c6ccccc6-c6ccccn6)ccc4n5C4=Cc5c(sc6ccccc56)C=C=C4)cc23)C=1. The number of rotatable bonds is 5. The maximum atomic E-state index is 6.37. The number of allylic oxidation sites excluding steroid dienone is 4. The number of hydrogen-bond donors (Lipinski definition) is 0. The largest absolute Gasteiger partial charge is 0.455 e. The summed E-state index contributed by atoms with van der Waals surface area (Å²) in [5.41, 5.74) is 21.7. The van der Waals surface area contributed by atoms with E-state index in [0.717, 1.165) is 83.8 Å². The molecule has 0 saturated heterocycles. The summed E-state index contributed by atoms with van der Waals surface area (Å²) in [6.07, 6.45) is 16.3. The summed E-state index contributed by atoms with van der Waals surface area (Å²) in [5, 5.41) is 4.65. The van der Waals surface area contributed by atoms with E-state index < -0.39 is 0 Å².